The summed E-state index contributed by atoms with van der Waals surface area (Å²) >= 11 is 0. The number of rotatable bonds is 0. The van der Waals surface area contributed by atoms with Crippen molar-refractivity contribution in [2.24, 2.45) is 5.41 Å². The first kappa shape index (κ1) is 0.556. The van der Waals surface area contributed by atoms with Crippen LogP contribution >= 0.6 is 0 Å². The minimum atomic E-state index is -2.83. The molecule has 0 aromatic carbocycles. The maximum Gasteiger partial charge on any atom is 0.0236 e. The molecule has 0 saturated carbocycles. The molecule has 0 heteroatoms. The summed E-state index contributed by atoms with van der Waals surface area (Å²) < 4.78 is 56.0. The lowest BCUT2D eigenvalue weighted by Gasteiger charge is -2.05. The fourth-order valence-electron chi connectivity index (χ4n) is 0. The Labute approximate surface area is 45.4 Å². The van der Waals surface area contributed by atoms with Crippen molar-refractivity contribution in [2.45, 2.75) is 27.5 Å². The maximum atomic E-state index is 7.01. The molecule has 0 bridgehead atoms. The van der Waals surface area contributed by atoms with Gasteiger partial charge in [0.25, 0.3) is 0 Å². The molecule has 32 valence electrons. The molecule has 0 atom stereocenters. The molecular formula is C5H12. The monoisotopic (exact) mass is 80.1 g/mol. The summed E-state index contributed by atoms with van der Waals surface area (Å²) in [5.74, 6) is 0. The topological polar surface area (TPSA) is 0 Å². The third kappa shape index (κ3) is 0. The molecule has 0 radical (unpaired) electrons. The van der Waals surface area contributed by atoms with E-state index in [1.807, 2.05) is 0 Å². The lowest BCUT2D eigenvalue weighted by molar-refractivity contribution is 0.469. The number of hydrogen-bond acceptors (Lipinski definition) is 0. The van der Waals surface area contributed by atoms with E-state index in [1.165, 1.54) is 0 Å². The third-order valence-electron chi connectivity index (χ3n) is 0. The van der Waals surface area contributed by atoms with E-state index in [4.69, 9.17) is 11.0 Å². The summed E-state index contributed by atoms with van der Waals surface area (Å²) in [6.07, 6.45) is 0. The van der Waals surface area contributed by atoms with Gasteiger partial charge in [-0.15, -0.1) is 0 Å². The molecule has 0 aromatic rings. The van der Waals surface area contributed by atoms with Crippen LogP contribution in [0.15, 0.2) is 0 Å². The summed E-state index contributed by atoms with van der Waals surface area (Å²) in [6.45, 7) is -6.64. The maximum absolute atomic E-state index is 7.01. The first-order chi connectivity index (χ1) is 5.44. The predicted octanol–water partition coefficient (Wildman–Crippen LogP) is 2.05. The summed E-state index contributed by atoms with van der Waals surface area (Å²) in [5.41, 5.74) is -2.29. The highest BCUT2D eigenvalue weighted by Crippen LogP contribution is 2.07. The Morgan fingerprint density at radius 3 is 2.20 bits per heavy atom. The fraction of sp³-hybridized carbons (Fsp3) is 1.00. The van der Waals surface area contributed by atoms with Crippen LogP contribution in [-0.4, -0.2) is 0 Å². The molecule has 0 aliphatic rings. The summed E-state index contributed by atoms with van der Waals surface area (Å²) in [7, 11) is 0. The Morgan fingerprint density at radius 2 is 2.20 bits per heavy atom. The van der Waals surface area contributed by atoms with Crippen LogP contribution in [0.4, 0.5) is 0 Å². The first-order valence-corrected chi connectivity index (χ1v) is 1.29. The fourth-order valence-corrected chi connectivity index (χ4v) is 0. The van der Waals surface area contributed by atoms with Gasteiger partial charge in [-0.05, 0) is 5.41 Å². The molecule has 0 fully saturated rings. The minimum Gasteiger partial charge on any atom is -0.0604 e. The average molecular weight is 80.2 g/mol. The van der Waals surface area contributed by atoms with Gasteiger partial charge < -0.3 is 0 Å². The van der Waals surface area contributed by atoms with Crippen molar-refractivity contribution in [1.82, 2.24) is 0 Å². The molecule has 0 heterocycles. The molecule has 0 N–H and O–H groups in total. The molecule has 0 saturated heterocycles. The van der Waals surface area contributed by atoms with Crippen LogP contribution in [0.25, 0.3) is 0 Å². The van der Waals surface area contributed by atoms with Crippen LogP contribution in [0.5, 0.6) is 0 Å². The Morgan fingerprint density at radius 1 is 1.60 bits per heavy atom. The molecule has 0 unspecified atom stereocenters. The molecule has 0 aliphatic carbocycles. The quantitative estimate of drug-likeness (QED) is 0.418. The number of hydrogen-bond donors (Lipinski definition) is 0. The van der Waals surface area contributed by atoms with Gasteiger partial charge in [-0.3, -0.25) is 0 Å². The van der Waals surface area contributed by atoms with Crippen LogP contribution in [0.1, 0.15) is 38.5 Å². The second-order valence-corrected chi connectivity index (χ2v) is 1.20. The van der Waals surface area contributed by atoms with Gasteiger partial charge in [0.1, 0.15) is 0 Å². The van der Waals surface area contributed by atoms with Crippen LogP contribution in [0, 0.1) is 5.41 Å². The SMILES string of the molecule is [2H]C([2H])C(C)(C([2H])([2H])[2H])C([2H])([2H])[2H]. The highest BCUT2D eigenvalue weighted by Gasteiger charge is 1.95. The third-order valence-corrected chi connectivity index (χ3v) is 0. The Bertz CT molecular complexity index is 160. The second-order valence-electron chi connectivity index (χ2n) is 1.20. The van der Waals surface area contributed by atoms with Crippen molar-refractivity contribution in [3.63, 3.8) is 0 Å². The van der Waals surface area contributed by atoms with Crippen LogP contribution in [-0.2, 0) is 0 Å². The molecule has 0 aromatic heterocycles. The molecule has 0 aliphatic heterocycles. The smallest absolute Gasteiger partial charge is 0.0236 e. The van der Waals surface area contributed by atoms with Crippen LogP contribution in [0.2, 0.25) is 0 Å². The van der Waals surface area contributed by atoms with Gasteiger partial charge in [0.15, 0.2) is 0 Å². The van der Waals surface area contributed by atoms with E-state index in [1.54, 1.807) is 0 Å². The minimum absolute atomic E-state index is 0.928. The molecular weight excluding hydrogens is 60.1 g/mol. The molecule has 0 rings (SSSR count). The zero-order valence-corrected chi connectivity index (χ0v) is 3.08. The second kappa shape index (κ2) is 1.00. The zero-order valence-electron chi connectivity index (χ0n) is 11.1. The van der Waals surface area contributed by atoms with E-state index in [0.717, 1.165) is 6.92 Å². The van der Waals surface area contributed by atoms with Crippen LogP contribution < -0.4 is 0 Å². The van der Waals surface area contributed by atoms with Gasteiger partial charge >= 0.3 is 0 Å². The molecule has 0 amide bonds. The van der Waals surface area contributed by atoms with Gasteiger partial charge in [0.2, 0.25) is 0 Å². The van der Waals surface area contributed by atoms with Crippen molar-refractivity contribution in [1.29, 1.82) is 0 Å². The van der Waals surface area contributed by atoms with Crippen molar-refractivity contribution >= 4 is 0 Å². The summed E-state index contributed by atoms with van der Waals surface area (Å²) in [4.78, 5) is 0. The van der Waals surface area contributed by atoms with E-state index in [-0.39, 0.29) is 0 Å². The highest BCUT2D eigenvalue weighted by molar-refractivity contribution is 4.47. The normalized spacial score (nSPS) is 41.2. The predicted molar refractivity (Wildman–Crippen MR) is 25.1 cm³/mol. The van der Waals surface area contributed by atoms with Gasteiger partial charge in [-0.25, -0.2) is 0 Å². The zero-order chi connectivity index (χ0) is 11.1. The van der Waals surface area contributed by atoms with Crippen molar-refractivity contribution < 1.29 is 11.0 Å². The lowest BCUT2D eigenvalue weighted by atomic mass is 10.0. The van der Waals surface area contributed by atoms with E-state index < -0.39 is 26.0 Å². The van der Waals surface area contributed by atoms with Crippen molar-refractivity contribution in [3.05, 3.63) is 0 Å². The Hall–Kier alpha value is 0. The van der Waals surface area contributed by atoms with Gasteiger partial charge in [0, 0.05) is 11.0 Å². The average Bonchev–Trinajstić information content (AvgIpc) is 1.80. The first-order valence-electron chi connectivity index (χ1n) is 5.44. The molecule has 0 nitrogen and oxygen atoms in total. The Kier molecular flexibility index (Phi) is 0.111. The van der Waals surface area contributed by atoms with E-state index in [9.17, 15) is 0 Å². The van der Waals surface area contributed by atoms with E-state index in [0.29, 0.717) is 0 Å². The van der Waals surface area contributed by atoms with Crippen molar-refractivity contribution in [3.8, 4) is 0 Å². The lowest BCUT2D eigenvalue weighted by Crippen LogP contribution is -1.93. The summed E-state index contributed by atoms with van der Waals surface area (Å²) in [6, 6.07) is 0. The van der Waals surface area contributed by atoms with Crippen LogP contribution in [0.3, 0.4) is 0 Å². The summed E-state index contributed by atoms with van der Waals surface area (Å²) in [5, 5.41) is 0. The molecule has 0 spiro atoms. The van der Waals surface area contributed by atoms with E-state index >= 15 is 0 Å². The van der Waals surface area contributed by atoms with Crippen molar-refractivity contribution in [2.75, 3.05) is 0 Å². The van der Waals surface area contributed by atoms with Gasteiger partial charge in [-0.1, -0.05) is 27.5 Å². The largest absolute Gasteiger partial charge is 0.0604 e. The molecule has 5 heavy (non-hydrogen) atoms. The standard InChI is InChI=1S/C5H12/c1-5(2,3)4/h1-4H3/i1D2,2D3,3D3. The highest BCUT2D eigenvalue weighted by atomic mass is 14.0. The van der Waals surface area contributed by atoms with Gasteiger partial charge in [-0.2, -0.15) is 0 Å². The van der Waals surface area contributed by atoms with Gasteiger partial charge in [0.05, 0.1) is 0 Å². The Balaban J connectivity index is 5.22. The van der Waals surface area contributed by atoms with E-state index in [2.05, 4.69) is 0 Å².